The Morgan fingerprint density at radius 1 is 1.32 bits per heavy atom. The van der Waals surface area contributed by atoms with Gasteiger partial charge in [0, 0.05) is 17.1 Å². The zero-order valence-corrected chi connectivity index (χ0v) is 13.1. The molecule has 0 bridgehead atoms. The van der Waals surface area contributed by atoms with E-state index in [0.29, 0.717) is 0 Å². The molecule has 2 aliphatic rings. The normalized spacial score (nSPS) is 32.2. The van der Waals surface area contributed by atoms with Gasteiger partial charge in [-0.1, -0.05) is 26.2 Å². The smallest absolute Gasteiger partial charge is 0.113 e. The van der Waals surface area contributed by atoms with Crippen LogP contribution in [-0.2, 0) is 5.54 Å². The molecular formula is C16H26N2S. The fraction of sp³-hybridized carbons (Fsp3) is 0.812. The minimum absolute atomic E-state index is 0.198. The molecule has 1 aromatic rings. The van der Waals surface area contributed by atoms with Gasteiger partial charge in [0.2, 0.25) is 0 Å². The highest BCUT2D eigenvalue weighted by Crippen LogP contribution is 2.42. The third kappa shape index (κ3) is 3.03. The monoisotopic (exact) mass is 278 g/mol. The molecule has 3 heteroatoms. The van der Waals surface area contributed by atoms with Gasteiger partial charge in [0.15, 0.2) is 0 Å². The van der Waals surface area contributed by atoms with Crippen LogP contribution < -0.4 is 5.32 Å². The summed E-state index contributed by atoms with van der Waals surface area (Å²) in [6.07, 6.45) is 10.8. The van der Waals surface area contributed by atoms with Gasteiger partial charge in [0.1, 0.15) is 5.01 Å². The Balaban J connectivity index is 1.83. The van der Waals surface area contributed by atoms with Gasteiger partial charge >= 0.3 is 0 Å². The molecule has 0 amide bonds. The number of rotatable bonds is 4. The largest absolute Gasteiger partial charge is 0.303 e. The van der Waals surface area contributed by atoms with Crippen molar-refractivity contribution in [1.29, 1.82) is 0 Å². The zero-order valence-electron chi connectivity index (χ0n) is 12.2. The second-order valence-corrected chi connectivity index (χ2v) is 7.36. The van der Waals surface area contributed by atoms with Crippen LogP contribution in [0.1, 0.15) is 69.0 Å². The van der Waals surface area contributed by atoms with E-state index in [4.69, 9.17) is 4.98 Å². The van der Waals surface area contributed by atoms with E-state index in [-0.39, 0.29) is 5.54 Å². The highest BCUT2D eigenvalue weighted by Gasteiger charge is 2.40. The molecule has 2 nitrogen and oxygen atoms in total. The molecule has 2 atom stereocenters. The lowest BCUT2D eigenvalue weighted by molar-refractivity contribution is 0.280. The quantitative estimate of drug-likeness (QED) is 0.826. The van der Waals surface area contributed by atoms with Crippen LogP contribution in [0.15, 0.2) is 5.38 Å². The van der Waals surface area contributed by atoms with Crippen LogP contribution in [-0.4, -0.2) is 11.0 Å². The number of nitrogens with zero attached hydrogens (tertiary/aromatic N) is 1. The highest BCUT2D eigenvalue weighted by atomic mass is 32.1. The maximum absolute atomic E-state index is 4.84. The first-order valence-corrected chi connectivity index (χ1v) is 8.80. The van der Waals surface area contributed by atoms with Gasteiger partial charge in [-0.15, -0.1) is 11.3 Å². The van der Waals surface area contributed by atoms with E-state index in [1.54, 1.807) is 0 Å². The van der Waals surface area contributed by atoms with Crippen LogP contribution in [0, 0.1) is 12.8 Å². The maximum Gasteiger partial charge on any atom is 0.113 e. The van der Waals surface area contributed by atoms with Crippen LogP contribution in [0.3, 0.4) is 0 Å². The first kappa shape index (κ1) is 13.6. The van der Waals surface area contributed by atoms with Crippen LogP contribution >= 0.6 is 11.3 Å². The minimum Gasteiger partial charge on any atom is -0.303 e. The summed E-state index contributed by atoms with van der Waals surface area (Å²) in [5, 5.41) is 7.54. The Hall–Kier alpha value is -0.410. The number of thiazole rings is 1. The third-order valence-electron chi connectivity index (χ3n) is 4.86. The summed E-state index contributed by atoms with van der Waals surface area (Å²) in [6, 6.07) is 0.766. The van der Waals surface area contributed by atoms with Crippen molar-refractivity contribution >= 4 is 11.3 Å². The van der Waals surface area contributed by atoms with Gasteiger partial charge in [0.25, 0.3) is 0 Å². The van der Waals surface area contributed by atoms with Crippen molar-refractivity contribution < 1.29 is 0 Å². The lowest BCUT2D eigenvalue weighted by Crippen LogP contribution is -2.43. The van der Waals surface area contributed by atoms with Gasteiger partial charge in [-0.3, -0.25) is 0 Å². The SMILES string of the molecule is CCC1CCCC(NC2CC2)(c2nc(C)cs2)CC1. The van der Waals surface area contributed by atoms with E-state index >= 15 is 0 Å². The lowest BCUT2D eigenvalue weighted by atomic mass is 9.89. The molecule has 2 fully saturated rings. The van der Waals surface area contributed by atoms with E-state index in [1.807, 2.05) is 11.3 Å². The topological polar surface area (TPSA) is 24.9 Å². The van der Waals surface area contributed by atoms with E-state index in [2.05, 4.69) is 24.5 Å². The fourth-order valence-corrected chi connectivity index (χ4v) is 4.45. The molecule has 106 valence electrons. The second-order valence-electron chi connectivity index (χ2n) is 6.50. The third-order valence-corrected chi connectivity index (χ3v) is 6.02. The molecule has 0 spiro atoms. The van der Waals surface area contributed by atoms with Gasteiger partial charge in [-0.2, -0.15) is 0 Å². The van der Waals surface area contributed by atoms with Crippen molar-refractivity contribution in [1.82, 2.24) is 10.3 Å². The molecule has 0 saturated heterocycles. The standard InChI is InChI=1S/C16H26N2S/c1-3-13-5-4-9-16(10-8-13,18-14-6-7-14)15-17-12(2)11-19-15/h11,13-14,18H,3-10H2,1-2H3. The first-order valence-electron chi connectivity index (χ1n) is 7.92. The van der Waals surface area contributed by atoms with Crippen molar-refractivity contribution in [2.45, 2.75) is 76.8 Å². The van der Waals surface area contributed by atoms with E-state index in [0.717, 1.165) is 12.0 Å². The summed E-state index contributed by atoms with van der Waals surface area (Å²) in [5.74, 6) is 0.934. The molecule has 1 N–H and O–H groups in total. The molecule has 0 aliphatic heterocycles. The number of aromatic nitrogens is 1. The summed E-state index contributed by atoms with van der Waals surface area (Å²) in [5.41, 5.74) is 1.39. The Morgan fingerprint density at radius 3 is 2.79 bits per heavy atom. The average molecular weight is 278 g/mol. The van der Waals surface area contributed by atoms with Crippen LogP contribution in [0.5, 0.6) is 0 Å². The number of hydrogen-bond acceptors (Lipinski definition) is 3. The molecule has 2 aliphatic carbocycles. The summed E-state index contributed by atoms with van der Waals surface area (Å²) < 4.78 is 0. The summed E-state index contributed by atoms with van der Waals surface area (Å²) in [7, 11) is 0. The minimum atomic E-state index is 0.198. The molecule has 0 radical (unpaired) electrons. The number of hydrogen-bond donors (Lipinski definition) is 1. The van der Waals surface area contributed by atoms with E-state index < -0.39 is 0 Å². The van der Waals surface area contributed by atoms with Gasteiger partial charge in [-0.25, -0.2) is 4.98 Å². The molecule has 3 rings (SSSR count). The number of aryl methyl sites for hydroxylation is 1. The molecule has 1 aromatic heterocycles. The maximum atomic E-state index is 4.84. The molecule has 2 saturated carbocycles. The predicted molar refractivity (Wildman–Crippen MR) is 81.6 cm³/mol. The second kappa shape index (κ2) is 5.53. The van der Waals surface area contributed by atoms with Crippen molar-refractivity contribution in [3.63, 3.8) is 0 Å². The molecule has 19 heavy (non-hydrogen) atoms. The lowest BCUT2D eigenvalue weighted by Gasteiger charge is -2.32. The molecule has 1 heterocycles. The van der Waals surface area contributed by atoms with Crippen molar-refractivity contribution in [2.24, 2.45) is 5.92 Å². The van der Waals surface area contributed by atoms with Gasteiger partial charge in [-0.05, 0) is 44.9 Å². The Morgan fingerprint density at radius 2 is 2.16 bits per heavy atom. The van der Waals surface area contributed by atoms with E-state index in [9.17, 15) is 0 Å². The van der Waals surface area contributed by atoms with Crippen molar-refractivity contribution in [3.05, 3.63) is 16.1 Å². The van der Waals surface area contributed by atoms with Gasteiger partial charge in [0.05, 0.1) is 5.54 Å². The van der Waals surface area contributed by atoms with Crippen LogP contribution in [0.2, 0.25) is 0 Å². The fourth-order valence-electron chi connectivity index (χ4n) is 3.43. The highest BCUT2D eigenvalue weighted by molar-refractivity contribution is 7.09. The van der Waals surface area contributed by atoms with E-state index in [1.165, 1.54) is 62.1 Å². The molecular weight excluding hydrogens is 252 g/mol. The van der Waals surface area contributed by atoms with Crippen LogP contribution in [0.4, 0.5) is 0 Å². The Labute approximate surface area is 121 Å². The predicted octanol–water partition coefficient (Wildman–Crippen LogP) is 4.39. The first-order chi connectivity index (χ1) is 9.22. The molecule has 0 aromatic carbocycles. The van der Waals surface area contributed by atoms with Crippen molar-refractivity contribution in [3.8, 4) is 0 Å². The van der Waals surface area contributed by atoms with Crippen LogP contribution in [0.25, 0.3) is 0 Å². The Kier molecular flexibility index (Phi) is 3.95. The summed E-state index contributed by atoms with van der Waals surface area (Å²) in [6.45, 7) is 4.47. The summed E-state index contributed by atoms with van der Waals surface area (Å²) in [4.78, 5) is 4.84. The Bertz CT molecular complexity index is 424. The number of nitrogens with one attached hydrogen (secondary N) is 1. The zero-order chi connectivity index (χ0) is 13.3. The summed E-state index contributed by atoms with van der Waals surface area (Å²) >= 11 is 1.87. The average Bonchev–Trinajstić information content (AvgIpc) is 3.15. The van der Waals surface area contributed by atoms with Crippen molar-refractivity contribution in [2.75, 3.05) is 0 Å². The molecule has 2 unspecified atom stereocenters. The van der Waals surface area contributed by atoms with Gasteiger partial charge < -0.3 is 5.32 Å².